The Bertz CT molecular complexity index is 319. The maximum absolute atomic E-state index is 5.75. The van der Waals surface area contributed by atoms with Gasteiger partial charge in [0.25, 0.3) is 0 Å². The van der Waals surface area contributed by atoms with Crippen molar-refractivity contribution >= 4 is 17.3 Å². The van der Waals surface area contributed by atoms with Gasteiger partial charge in [0, 0.05) is 6.04 Å². The van der Waals surface area contributed by atoms with Crippen molar-refractivity contribution in [3.8, 4) is 0 Å². The van der Waals surface area contributed by atoms with E-state index in [0.29, 0.717) is 23.4 Å². The maximum Gasteiger partial charge on any atom is 0.155 e. The molecule has 1 heterocycles. The van der Waals surface area contributed by atoms with Crippen LogP contribution in [0.15, 0.2) is 6.33 Å². The first-order valence-corrected chi connectivity index (χ1v) is 4.90. The summed E-state index contributed by atoms with van der Waals surface area (Å²) in [4.78, 5) is 7.89. The molecule has 76 valence electrons. The zero-order valence-electron chi connectivity index (χ0n) is 8.03. The number of nitrogens with one attached hydrogen (secondary N) is 1. The lowest BCUT2D eigenvalue weighted by atomic mass is 10.2. The first-order valence-electron chi connectivity index (χ1n) is 4.90. The fraction of sp³-hybridized carbons (Fsp3) is 0.556. The van der Waals surface area contributed by atoms with E-state index in [4.69, 9.17) is 11.5 Å². The van der Waals surface area contributed by atoms with Gasteiger partial charge in [-0.2, -0.15) is 0 Å². The summed E-state index contributed by atoms with van der Waals surface area (Å²) >= 11 is 0. The topological polar surface area (TPSA) is 89.8 Å². The SMILES string of the molecule is Nc1ncnc(NC2CCCC2)c1N. The summed E-state index contributed by atoms with van der Waals surface area (Å²) < 4.78 is 0. The number of hydrogen-bond acceptors (Lipinski definition) is 5. The van der Waals surface area contributed by atoms with Gasteiger partial charge in [0.15, 0.2) is 11.6 Å². The molecule has 0 aliphatic heterocycles. The van der Waals surface area contributed by atoms with Gasteiger partial charge in [-0.3, -0.25) is 0 Å². The minimum absolute atomic E-state index is 0.348. The molecular formula is C9H15N5. The van der Waals surface area contributed by atoms with Crippen molar-refractivity contribution in [3.63, 3.8) is 0 Å². The summed E-state index contributed by atoms with van der Waals surface area (Å²) in [6.07, 6.45) is 6.35. The summed E-state index contributed by atoms with van der Waals surface area (Å²) in [5.41, 5.74) is 11.8. The number of rotatable bonds is 2. The fourth-order valence-electron chi connectivity index (χ4n) is 1.79. The maximum atomic E-state index is 5.75. The molecule has 1 aromatic rings. The Hall–Kier alpha value is -1.52. The molecule has 1 fully saturated rings. The van der Waals surface area contributed by atoms with Crippen LogP contribution in [0.1, 0.15) is 25.7 Å². The standard InChI is InChI=1S/C9H15N5/c10-7-8(11)12-5-13-9(7)14-6-3-1-2-4-6/h5-6H,1-4,10H2,(H3,11,12,13,14). The molecule has 14 heavy (non-hydrogen) atoms. The van der Waals surface area contributed by atoms with Crippen molar-refractivity contribution in [1.82, 2.24) is 9.97 Å². The summed E-state index contributed by atoms with van der Waals surface area (Å²) in [6, 6.07) is 0.492. The van der Waals surface area contributed by atoms with Crippen molar-refractivity contribution in [1.29, 1.82) is 0 Å². The molecule has 0 unspecified atom stereocenters. The van der Waals surface area contributed by atoms with E-state index < -0.39 is 0 Å². The monoisotopic (exact) mass is 193 g/mol. The van der Waals surface area contributed by atoms with Gasteiger partial charge in [-0.25, -0.2) is 9.97 Å². The Morgan fingerprint density at radius 2 is 1.93 bits per heavy atom. The van der Waals surface area contributed by atoms with Gasteiger partial charge in [-0.05, 0) is 12.8 Å². The van der Waals surface area contributed by atoms with E-state index >= 15 is 0 Å². The van der Waals surface area contributed by atoms with Crippen molar-refractivity contribution in [2.45, 2.75) is 31.7 Å². The lowest BCUT2D eigenvalue weighted by Crippen LogP contribution is -2.17. The smallest absolute Gasteiger partial charge is 0.155 e. The van der Waals surface area contributed by atoms with Gasteiger partial charge in [0.2, 0.25) is 0 Å². The first-order chi connectivity index (χ1) is 6.77. The molecule has 1 aromatic heterocycles. The minimum Gasteiger partial charge on any atom is -0.393 e. The number of anilines is 3. The zero-order valence-corrected chi connectivity index (χ0v) is 8.03. The number of aromatic nitrogens is 2. The summed E-state index contributed by atoms with van der Waals surface area (Å²) in [5, 5.41) is 3.29. The lowest BCUT2D eigenvalue weighted by Gasteiger charge is -2.14. The quantitative estimate of drug-likeness (QED) is 0.651. The molecule has 0 bridgehead atoms. The molecule has 0 amide bonds. The Balaban J connectivity index is 2.11. The van der Waals surface area contributed by atoms with Crippen LogP contribution in [0, 0.1) is 0 Å². The normalized spacial score (nSPS) is 17.1. The predicted molar refractivity (Wildman–Crippen MR) is 56.7 cm³/mol. The van der Waals surface area contributed by atoms with Crippen molar-refractivity contribution in [2.24, 2.45) is 0 Å². The van der Waals surface area contributed by atoms with E-state index in [1.54, 1.807) is 0 Å². The van der Waals surface area contributed by atoms with E-state index in [0.717, 1.165) is 0 Å². The van der Waals surface area contributed by atoms with Crippen LogP contribution in [0.5, 0.6) is 0 Å². The first kappa shape index (κ1) is 9.05. The average Bonchev–Trinajstić information content (AvgIpc) is 2.66. The van der Waals surface area contributed by atoms with E-state index in [9.17, 15) is 0 Å². The van der Waals surface area contributed by atoms with Crippen LogP contribution in [0.3, 0.4) is 0 Å². The van der Waals surface area contributed by atoms with Crippen LogP contribution in [0.25, 0.3) is 0 Å². The lowest BCUT2D eigenvalue weighted by molar-refractivity contribution is 0.750. The molecular weight excluding hydrogens is 178 g/mol. The molecule has 1 aliphatic carbocycles. The molecule has 5 heteroatoms. The largest absolute Gasteiger partial charge is 0.393 e. The highest BCUT2D eigenvalue weighted by Gasteiger charge is 2.16. The van der Waals surface area contributed by atoms with Crippen LogP contribution in [0.4, 0.5) is 17.3 Å². The van der Waals surface area contributed by atoms with Gasteiger partial charge in [0.1, 0.15) is 12.0 Å². The van der Waals surface area contributed by atoms with Gasteiger partial charge in [0.05, 0.1) is 0 Å². The molecule has 0 saturated heterocycles. The summed E-state index contributed by atoms with van der Waals surface area (Å²) in [5.74, 6) is 1.02. The minimum atomic E-state index is 0.348. The van der Waals surface area contributed by atoms with Crippen molar-refractivity contribution < 1.29 is 0 Å². The third-order valence-corrected chi connectivity index (χ3v) is 2.61. The van der Waals surface area contributed by atoms with E-state index in [1.807, 2.05) is 0 Å². The van der Waals surface area contributed by atoms with E-state index in [-0.39, 0.29) is 0 Å². The zero-order chi connectivity index (χ0) is 9.97. The average molecular weight is 193 g/mol. The summed E-state index contributed by atoms with van der Waals surface area (Å²) in [7, 11) is 0. The second-order valence-electron chi connectivity index (χ2n) is 3.65. The molecule has 2 rings (SSSR count). The highest BCUT2D eigenvalue weighted by Crippen LogP contribution is 2.25. The van der Waals surface area contributed by atoms with Crippen LogP contribution >= 0.6 is 0 Å². The molecule has 1 saturated carbocycles. The third kappa shape index (κ3) is 1.71. The van der Waals surface area contributed by atoms with E-state index in [2.05, 4.69) is 15.3 Å². The van der Waals surface area contributed by atoms with Gasteiger partial charge >= 0.3 is 0 Å². The van der Waals surface area contributed by atoms with Crippen LogP contribution < -0.4 is 16.8 Å². The second kappa shape index (κ2) is 3.69. The highest BCUT2D eigenvalue weighted by molar-refractivity contribution is 5.72. The Labute approximate surface area is 82.9 Å². The Morgan fingerprint density at radius 3 is 2.64 bits per heavy atom. The number of hydrogen-bond donors (Lipinski definition) is 3. The predicted octanol–water partition coefficient (Wildman–Crippen LogP) is 0.995. The Kier molecular flexibility index (Phi) is 2.39. The molecule has 0 spiro atoms. The van der Waals surface area contributed by atoms with Crippen LogP contribution in [-0.2, 0) is 0 Å². The molecule has 0 atom stereocenters. The van der Waals surface area contributed by atoms with Crippen LogP contribution in [0.2, 0.25) is 0 Å². The number of nitrogen functional groups attached to an aromatic ring is 2. The van der Waals surface area contributed by atoms with Gasteiger partial charge < -0.3 is 16.8 Å². The van der Waals surface area contributed by atoms with Crippen molar-refractivity contribution in [3.05, 3.63) is 6.33 Å². The number of nitrogens with two attached hydrogens (primary N) is 2. The van der Waals surface area contributed by atoms with Crippen LogP contribution in [-0.4, -0.2) is 16.0 Å². The second-order valence-corrected chi connectivity index (χ2v) is 3.65. The molecule has 5 nitrogen and oxygen atoms in total. The Morgan fingerprint density at radius 1 is 1.21 bits per heavy atom. The number of nitrogens with zero attached hydrogens (tertiary/aromatic N) is 2. The summed E-state index contributed by atoms with van der Waals surface area (Å²) in [6.45, 7) is 0. The molecule has 5 N–H and O–H groups in total. The highest BCUT2D eigenvalue weighted by atomic mass is 15.1. The third-order valence-electron chi connectivity index (χ3n) is 2.61. The van der Waals surface area contributed by atoms with Crippen molar-refractivity contribution in [2.75, 3.05) is 16.8 Å². The van der Waals surface area contributed by atoms with Gasteiger partial charge in [-0.15, -0.1) is 0 Å². The molecule has 0 radical (unpaired) electrons. The van der Waals surface area contributed by atoms with Gasteiger partial charge in [-0.1, -0.05) is 12.8 Å². The van der Waals surface area contributed by atoms with E-state index in [1.165, 1.54) is 32.0 Å². The molecule has 0 aromatic carbocycles. The fourth-order valence-corrected chi connectivity index (χ4v) is 1.79. The molecule has 1 aliphatic rings.